The van der Waals surface area contributed by atoms with Crippen molar-refractivity contribution in [2.45, 2.75) is 50.3 Å². The molecule has 0 heterocycles. The van der Waals surface area contributed by atoms with Crippen molar-refractivity contribution in [2.75, 3.05) is 0 Å². The van der Waals surface area contributed by atoms with Gasteiger partial charge in [-0.15, -0.1) is 0 Å². The molecule has 1 unspecified atom stereocenters. The molecule has 0 aromatic heterocycles. The monoisotopic (exact) mass is 350 g/mol. The first-order chi connectivity index (χ1) is 11.9. The quantitative estimate of drug-likeness (QED) is 0.719. The molecule has 0 amide bonds. The van der Waals surface area contributed by atoms with Gasteiger partial charge in [0.1, 0.15) is 11.5 Å². The molecular weight excluding hydrogens is 329 g/mol. The van der Waals surface area contributed by atoms with E-state index in [2.05, 4.69) is 12.1 Å². The first-order valence-electron chi connectivity index (χ1n) is 8.56. The second-order valence-electron chi connectivity index (χ2n) is 6.52. The smallest absolute Gasteiger partial charge is 0.418 e. The Balaban J connectivity index is 1.64. The SMILES string of the molecule is OC(c1ccc(Oc2ccc(C3CCCCC3)cc2)cc1)C(F)(F)F. The summed E-state index contributed by atoms with van der Waals surface area (Å²) in [6.45, 7) is 0. The van der Waals surface area contributed by atoms with E-state index >= 15 is 0 Å². The largest absolute Gasteiger partial charge is 0.457 e. The highest BCUT2D eigenvalue weighted by Gasteiger charge is 2.39. The van der Waals surface area contributed by atoms with Crippen molar-refractivity contribution in [2.24, 2.45) is 0 Å². The van der Waals surface area contributed by atoms with E-state index in [1.165, 1.54) is 61.9 Å². The lowest BCUT2D eigenvalue weighted by Gasteiger charge is -2.22. The molecule has 2 aromatic rings. The van der Waals surface area contributed by atoms with Gasteiger partial charge in [0.05, 0.1) is 0 Å². The van der Waals surface area contributed by atoms with Crippen LogP contribution in [-0.2, 0) is 0 Å². The normalized spacial score (nSPS) is 17.3. The first kappa shape index (κ1) is 17.8. The minimum absolute atomic E-state index is 0.201. The van der Waals surface area contributed by atoms with Crippen LogP contribution in [0.3, 0.4) is 0 Å². The number of ether oxygens (including phenoxy) is 1. The van der Waals surface area contributed by atoms with Gasteiger partial charge in [-0.25, -0.2) is 0 Å². The molecule has 1 aliphatic rings. The maximum Gasteiger partial charge on any atom is 0.418 e. The number of hydrogen-bond acceptors (Lipinski definition) is 2. The molecule has 2 aromatic carbocycles. The Labute approximate surface area is 145 Å². The lowest BCUT2D eigenvalue weighted by atomic mass is 9.84. The summed E-state index contributed by atoms with van der Waals surface area (Å²) in [4.78, 5) is 0. The van der Waals surface area contributed by atoms with E-state index in [1.807, 2.05) is 12.1 Å². The predicted octanol–water partition coefficient (Wildman–Crippen LogP) is 6.12. The summed E-state index contributed by atoms with van der Waals surface area (Å²) in [5.41, 5.74) is 1.11. The number of aliphatic hydroxyl groups is 1. The second kappa shape index (κ2) is 7.48. The predicted molar refractivity (Wildman–Crippen MR) is 89.8 cm³/mol. The standard InChI is InChI=1S/C20H21F3O2/c21-20(22,23)19(24)16-8-12-18(13-9-16)25-17-10-6-15(7-11-17)14-4-2-1-3-5-14/h6-14,19,24H,1-5H2. The first-order valence-corrected chi connectivity index (χ1v) is 8.56. The molecule has 3 rings (SSSR count). The highest BCUT2D eigenvalue weighted by molar-refractivity contribution is 5.36. The molecule has 0 spiro atoms. The van der Waals surface area contributed by atoms with Crippen molar-refractivity contribution in [3.8, 4) is 11.5 Å². The Morgan fingerprint density at radius 2 is 1.36 bits per heavy atom. The molecule has 1 saturated carbocycles. The fraction of sp³-hybridized carbons (Fsp3) is 0.400. The molecule has 1 atom stereocenters. The molecule has 5 heteroatoms. The van der Waals surface area contributed by atoms with Gasteiger partial charge < -0.3 is 9.84 Å². The van der Waals surface area contributed by atoms with Crippen LogP contribution in [0.15, 0.2) is 48.5 Å². The van der Waals surface area contributed by atoms with Gasteiger partial charge in [0.2, 0.25) is 0 Å². The zero-order valence-corrected chi connectivity index (χ0v) is 13.8. The molecule has 1 aliphatic carbocycles. The number of aliphatic hydroxyl groups excluding tert-OH is 1. The number of benzene rings is 2. The molecule has 1 N–H and O–H groups in total. The van der Waals surface area contributed by atoms with Crippen LogP contribution in [0.2, 0.25) is 0 Å². The average Bonchev–Trinajstić information content (AvgIpc) is 2.62. The van der Waals surface area contributed by atoms with Crippen LogP contribution in [0, 0.1) is 0 Å². The van der Waals surface area contributed by atoms with Crippen LogP contribution in [-0.4, -0.2) is 11.3 Å². The summed E-state index contributed by atoms with van der Waals surface area (Å²) in [5.74, 6) is 1.69. The van der Waals surface area contributed by atoms with Crippen LogP contribution >= 0.6 is 0 Å². The summed E-state index contributed by atoms with van der Waals surface area (Å²) < 4.78 is 43.2. The molecule has 134 valence electrons. The molecule has 0 radical (unpaired) electrons. The van der Waals surface area contributed by atoms with E-state index in [-0.39, 0.29) is 5.56 Å². The Bertz CT molecular complexity index is 672. The van der Waals surface area contributed by atoms with Gasteiger partial charge in [-0.1, -0.05) is 43.5 Å². The highest BCUT2D eigenvalue weighted by Crippen LogP contribution is 2.35. The average molecular weight is 350 g/mol. The lowest BCUT2D eigenvalue weighted by molar-refractivity contribution is -0.206. The Kier molecular flexibility index (Phi) is 5.33. The van der Waals surface area contributed by atoms with Crippen molar-refractivity contribution >= 4 is 0 Å². The van der Waals surface area contributed by atoms with E-state index < -0.39 is 12.3 Å². The molecule has 25 heavy (non-hydrogen) atoms. The summed E-state index contributed by atoms with van der Waals surface area (Å²) in [7, 11) is 0. The van der Waals surface area contributed by atoms with Crippen molar-refractivity contribution in [1.29, 1.82) is 0 Å². The number of halogens is 3. The van der Waals surface area contributed by atoms with E-state index in [9.17, 15) is 18.3 Å². The topological polar surface area (TPSA) is 29.5 Å². The third-order valence-corrected chi connectivity index (χ3v) is 4.70. The number of alkyl halides is 3. The van der Waals surface area contributed by atoms with Crippen LogP contribution in [0.5, 0.6) is 11.5 Å². The van der Waals surface area contributed by atoms with Gasteiger partial charge in [-0.2, -0.15) is 13.2 Å². The minimum atomic E-state index is -4.67. The zero-order valence-electron chi connectivity index (χ0n) is 13.8. The van der Waals surface area contributed by atoms with Crippen molar-refractivity contribution in [3.05, 3.63) is 59.7 Å². The summed E-state index contributed by atoms with van der Waals surface area (Å²) >= 11 is 0. The Morgan fingerprint density at radius 1 is 0.840 bits per heavy atom. The Hall–Kier alpha value is -2.01. The van der Waals surface area contributed by atoms with E-state index in [0.717, 1.165) is 0 Å². The third-order valence-electron chi connectivity index (χ3n) is 4.70. The summed E-state index contributed by atoms with van der Waals surface area (Å²) in [6.07, 6.45) is -0.824. The maximum atomic E-state index is 12.5. The van der Waals surface area contributed by atoms with Gasteiger partial charge in [0.25, 0.3) is 0 Å². The molecule has 0 bridgehead atoms. The molecule has 2 nitrogen and oxygen atoms in total. The van der Waals surface area contributed by atoms with Gasteiger partial charge in [-0.05, 0) is 54.2 Å². The number of rotatable bonds is 4. The third kappa shape index (κ3) is 4.54. The van der Waals surface area contributed by atoms with Gasteiger partial charge in [0, 0.05) is 0 Å². The minimum Gasteiger partial charge on any atom is -0.457 e. The van der Waals surface area contributed by atoms with Gasteiger partial charge in [0.15, 0.2) is 6.10 Å². The Morgan fingerprint density at radius 3 is 1.88 bits per heavy atom. The zero-order chi connectivity index (χ0) is 17.9. The lowest BCUT2D eigenvalue weighted by Crippen LogP contribution is -2.19. The van der Waals surface area contributed by atoms with Crippen LogP contribution in [0.25, 0.3) is 0 Å². The van der Waals surface area contributed by atoms with Crippen LogP contribution < -0.4 is 4.74 Å². The molecular formula is C20H21F3O2. The highest BCUT2D eigenvalue weighted by atomic mass is 19.4. The van der Waals surface area contributed by atoms with Crippen LogP contribution in [0.1, 0.15) is 55.3 Å². The van der Waals surface area contributed by atoms with E-state index in [0.29, 0.717) is 17.4 Å². The van der Waals surface area contributed by atoms with Crippen molar-refractivity contribution in [3.63, 3.8) is 0 Å². The fourth-order valence-electron chi connectivity index (χ4n) is 3.29. The van der Waals surface area contributed by atoms with Crippen molar-refractivity contribution in [1.82, 2.24) is 0 Å². The summed E-state index contributed by atoms with van der Waals surface area (Å²) in [5, 5.41) is 9.23. The number of hydrogen-bond donors (Lipinski definition) is 1. The second-order valence-corrected chi connectivity index (χ2v) is 6.52. The van der Waals surface area contributed by atoms with E-state index in [1.54, 1.807) is 0 Å². The van der Waals surface area contributed by atoms with Crippen LogP contribution in [0.4, 0.5) is 13.2 Å². The van der Waals surface area contributed by atoms with Crippen molar-refractivity contribution < 1.29 is 23.0 Å². The molecule has 1 fully saturated rings. The van der Waals surface area contributed by atoms with E-state index in [4.69, 9.17) is 4.74 Å². The maximum absolute atomic E-state index is 12.5. The van der Waals surface area contributed by atoms with Gasteiger partial charge >= 0.3 is 6.18 Å². The summed E-state index contributed by atoms with van der Waals surface area (Å²) in [6, 6.07) is 13.2. The molecule has 0 saturated heterocycles. The molecule has 0 aliphatic heterocycles. The van der Waals surface area contributed by atoms with Gasteiger partial charge in [-0.3, -0.25) is 0 Å². The fourth-order valence-corrected chi connectivity index (χ4v) is 3.29.